The van der Waals surface area contributed by atoms with Gasteiger partial charge in [-0.15, -0.1) is 0 Å². The Balaban J connectivity index is 1.59. The zero-order valence-electron chi connectivity index (χ0n) is 17.1. The number of alkyl halides is 3. The summed E-state index contributed by atoms with van der Waals surface area (Å²) in [7, 11) is 0. The Hall–Kier alpha value is -3.07. The van der Waals surface area contributed by atoms with E-state index in [0.29, 0.717) is 18.9 Å². The third kappa shape index (κ3) is 4.72. The van der Waals surface area contributed by atoms with Gasteiger partial charge in [-0.3, -0.25) is 4.79 Å². The van der Waals surface area contributed by atoms with Gasteiger partial charge in [0.1, 0.15) is 0 Å². The molecule has 2 aromatic heterocycles. The number of benzene rings is 1. The van der Waals surface area contributed by atoms with Crippen molar-refractivity contribution in [3.05, 3.63) is 70.1 Å². The average Bonchev–Trinajstić information content (AvgIpc) is 3.19. The Bertz CT molecular complexity index is 1150. The van der Waals surface area contributed by atoms with Crippen LogP contribution < -0.4 is 10.1 Å². The van der Waals surface area contributed by atoms with Crippen LogP contribution >= 0.6 is 11.6 Å². The van der Waals surface area contributed by atoms with Crippen LogP contribution in [0.4, 0.5) is 13.2 Å². The normalized spacial score (nSPS) is 15.8. The number of carbonyl (C=O) groups is 1. The lowest BCUT2D eigenvalue weighted by atomic mass is 9.93. The van der Waals surface area contributed by atoms with Gasteiger partial charge in [-0.1, -0.05) is 11.6 Å². The molecule has 10 heteroatoms. The van der Waals surface area contributed by atoms with Crippen molar-refractivity contribution >= 4 is 17.5 Å². The predicted octanol–water partition coefficient (Wildman–Crippen LogP) is 5.15. The molecular formula is C22H20ClF3N4O2. The Kier molecular flexibility index (Phi) is 6.10. The largest absolute Gasteiger partial charge is 0.478 e. The van der Waals surface area contributed by atoms with E-state index in [1.165, 1.54) is 6.07 Å². The second kappa shape index (κ2) is 8.82. The molecule has 6 nitrogen and oxygen atoms in total. The molecule has 0 aliphatic heterocycles. The lowest BCUT2D eigenvalue weighted by molar-refractivity contribution is -0.137. The summed E-state index contributed by atoms with van der Waals surface area (Å²) in [5.74, 6) is -0.143. The molecule has 3 aromatic rings. The monoisotopic (exact) mass is 464 g/mol. The molecule has 1 N–H and O–H groups in total. The summed E-state index contributed by atoms with van der Waals surface area (Å²) < 4.78 is 46.4. The van der Waals surface area contributed by atoms with E-state index in [1.54, 1.807) is 23.0 Å². The minimum Gasteiger partial charge on any atom is -0.478 e. The topological polar surface area (TPSA) is 69.0 Å². The number of ether oxygens (including phenoxy) is 1. The van der Waals surface area contributed by atoms with Gasteiger partial charge >= 0.3 is 6.18 Å². The van der Waals surface area contributed by atoms with E-state index in [4.69, 9.17) is 16.3 Å². The Morgan fingerprint density at radius 1 is 1.31 bits per heavy atom. The molecule has 0 unspecified atom stereocenters. The first-order valence-corrected chi connectivity index (χ1v) is 10.5. The van der Waals surface area contributed by atoms with Crippen LogP contribution in [0.5, 0.6) is 5.88 Å². The standard InChI is InChI=1S/C22H20ClF3N4O2/c1-2-32-20-11-16(6-7-27-20)30-12-17-18(4-3-5-19(17)29-30)28-21(31)13-8-14(22(24,25)26)10-15(23)9-13/h6-12,18H,2-5H2,1H3,(H,28,31)/t18-/m1/s1. The second-order valence-corrected chi connectivity index (χ2v) is 7.84. The average molecular weight is 465 g/mol. The van der Waals surface area contributed by atoms with E-state index < -0.39 is 17.6 Å². The maximum atomic E-state index is 13.1. The number of fused-ring (bicyclic) bond motifs is 1. The molecule has 2 heterocycles. The molecule has 0 saturated carbocycles. The van der Waals surface area contributed by atoms with Crippen LogP contribution in [0.1, 0.15) is 53.0 Å². The summed E-state index contributed by atoms with van der Waals surface area (Å²) in [6.45, 7) is 2.35. The summed E-state index contributed by atoms with van der Waals surface area (Å²) >= 11 is 5.82. The van der Waals surface area contributed by atoms with Crippen LogP contribution in [0.15, 0.2) is 42.7 Å². The van der Waals surface area contributed by atoms with Crippen molar-refractivity contribution in [1.82, 2.24) is 20.1 Å². The quantitative estimate of drug-likeness (QED) is 0.567. The van der Waals surface area contributed by atoms with Crippen molar-refractivity contribution in [2.24, 2.45) is 0 Å². The predicted molar refractivity (Wildman–Crippen MR) is 112 cm³/mol. The van der Waals surface area contributed by atoms with E-state index in [2.05, 4.69) is 15.4 Å². The van der Waals surface area contributed by atoms with Crippen molar-refractivity contribution in [2.75, 3.05) is 6.61 Å². The molecule has 168 valence electrons. The summed E-state index contributed by atoms with van der Waals surface area (Å²) in [4.78, 5) is 16.9. The molecule has 0 fully saturated rings. The number of carbonyl (C=O) groups excluding carboxylic acids is 1. The van der Waals surface area contributed by atoms with Crippen molar-refractivity contribution in [3.8, 4) is 11.6 Å². The van der Waals surface area contributed by atoms with Crippen LogP contribution in [-0.4, -0.2) is 27.3 Å². The number of hydrogen-bond acceptors (Lipinski definition) is 4. The molecule has 1 amide bonds. The molecular weight excluding hydrogens is 445 g/mol. The second-order valence-electron chi connectivity index (χ2n) is 7.41. The highest BCUT2D eigenvalue weighted by Gasteiger charge is 2.32. The van der Waals surface area contributed by atoms with Crippen LogP contribution in [0.3, 0.4) is 0 Å². The van der Waals surface area contributed by atoms with E-state index >= 15 is 0 Å². The molecule has 1 aliphatic rings. The van der Waals surface area contributed by atoms with Gasteiger partial charge in [0, 0.05) is 34.6 Å². The molecule has 4 rings (SSSR count). The summed E-state index contributed by atoms with van der Waals surface area (Å²) in [5, 5.41) is 7.32. The van der Waals surface area contributed by atoms with Gasteiger partial charge in [-0.05, 0) is 50.5 Å². The van der Waals surface area contributed by atoms with E-state index in [0.717, 1.165) is 41.9 Å². The number of amides is 1. The first-order chi connectivity index (χ1) is 15.2. The highest BCUT2D eigenvalue weighted by Crippen LogP contribution is 2.33. The smallest absolute Gasteiger partial charge is 0.416 e. The number of hydrogen-bond donors (Lipinski definition) is 1. The van der Waals surface area contributed by atoms with Crippen LogP contribution in [0, 0.1) is 0 Å². The number of rotatable bonds is 5. The first kappa shape index (κ1) is 22.1. The van der Waals surface area contributed by atoms with Gasteiger partial charge in [0.05, 0.1) is 29.6 Å². The highest BCUT2D eigenvalue weighted by atomic mass is 35.5. The fourth-order valence-electron chi connectivity index (χ4n) is 3.71. The minimum atomic E-state index is -4.59. The molecule has 0 spiro atoms. The van der Waals surface area contributed by atoms with E-state index in [9.17, 15) is 18.0 Å². The lowest BCUT2D eigenvalue weighted by Crippen LogP contribution is -2.30. The molecule has 32 heavy (non-hydrogen) atoms. The number of nitrogens with one attached hydrogen (secondary N) is 1. The van der Waals surface area contributed by atoms with Gasteiger partial charge in [-0.25, -0.2) is 9.67 Å². The van der Waals surface area contributed by atoms with Gasteiger partial charge in [0.25, 0.3) is 5.91 Å². The Morgan fingerprint density at radius 3 is 2.88 bits per heavy atom. The maximum Gasteiger partial charge on any atom is 0.416 e. The van der Waals surface area contributed by atoms with Gasteiger partial charge < -0.3 is 10.1 Å². The van der Waals surface area contributed by atoms with Crippen LogP contribution in [0.25, 0.3) is 5.69 Å². The maximum absolute atomic E-state index is 13.1. The Labute approximate surface area is 187 Å². The van der Waals surface area contributed by atoms with Gasteiger partial charge in [0.2, 0.25) is 5.88 Å². The third-order valence-electron chi connectivity index (χ3n) is 5.17. The van der Waals surface area contributed by atoms with Gasteiger partial charge in [-0.2, -0.15) is 18.3 Å². The molecule has 0 radical (unpaired) electrons. The van der Waals surface area contributed by atoms with Crippen LogP contribution in [-0.2, 0) is 12.6 Å². The van der Waals surface area contributed by atoms with E-state index in [-0.39, 0.29) is 16.6 Å². The summed E-state index contributed by atoms with van der Waals surface area (Å²) in [6, 6.07) is 6.01. The summed E-state index contributed by atoms with van der Waals surface area (Å²) in [6.07, 6.45) is 1.04. The molecule has 0 saturated heterocycles. The van der Waals surface area contributed by atoms with E-state index in [1.807, 2.05) is 13.1 Å². The minimum absolute atomic E-state index is 0.139. The number of nitrogens with zero attached hydrogens (tertiary/aromatic N) is 3. The van der Waals surface area contributed by atoms with Gasteiger partial charge in [0.15, 0.2) is 0 Å². The van der Waals surface area contributed by atoms with Crippen molar-refractivity contribution < 1.29 is 22.7 Å². The Morgan fingerprint density at radius 2 is 2.12 bits per heavy atom. The summed E-state index contributed by atoms with van der Waals surface area (Å²) in [5.41, 5.74) is 1.32. The molecule has 1 aromatic carbocycles. The van der Waals surface area contributed by atoms with Crippen molar-refractivity contribution in [3.63, 3.8) is 0 Å². The zero-order chi connectivity index (χ0) is 22.9. The van der Waals surface area contributed by atoms with Crippen molar-refractivity contribution in [1.29, 1.82) is 0 Å². The fraction of sp³-hybridized carbons (Fsp3) is 0.318. The number of pyridine rings is 1. The fourth-order valence-corrected chi connectivity index (χ4v) is 3.95. The number of aryl methyl sites for hydroxylation is 1. The highest BCUT2D eigenvalue weighted by molar-refractivity contribution is 6.31. The third-order valence-corrected chi connectivity index (χ3v) is 5.39. The lowest BCUT2D eigenvalue weighted by Gasteiger charge is -2.23. The zero-order valence-corrected chi connectivity index (χ0v) is 17.9. The van der Waals surface area contributed by atoms with Crippen molar-refractivity contribution in [2.45, 2.75) is 38.4 Å². The van der Waals surface area contributed by atoms with Crippen LogP contribution in [0.2, 0.25) is 5.02 Å². The number of aromatic nitrogens is 3. The molecule has 1 atom stereocenters. The molecule has 0 bridgehead atoms. The SMILES string of the molecule is CCOc1cc(-n2cc3c(n2)CCC[C@H]3NC(=O)c2cc(Cl)cc(C(F)(F)F)c2)ccn1. The molecule has 1 aliphatic carbocycles. The first-order valence-electron chi connectivity index (χ1n) is 10.1. The number of halogens is 4.